The second-order valence-corrected chi connectivity index (χ2v) is 9.96. The lowest BCUT2D eigenvalue weighted by Gasteiger charge is -2.28. The van der Waals surface area contributed by atoms with Gasteiger partial charge >= 0.3 is 0 Å². The van der Waals surface area contributed by atoms with Crippen LogP contribution >= 0.6 is 34.5 Å². The van der Waals surface area contributed by atoms with E-state index in [9.17, 15) is 18.0 Å². The van der Waals surface area contributed by atoms with Crippen LogP contribution in [0, 0.1) is 5.92 Å². The van der Waals surface area contributed by atoms with E-state index in [2.05, 4.69) is 15.5 Å². The lowest BCUT2D eigenvalue weighted by molar-refractivity contribution is -0.122. The van der Waals surface area contributed by atoms with Gasteiger partial charge in [-0.25, -0.2) is 8.42 Å². The zero-order valence-corrected chi connectivity index (χ0v) is 17.4. The van der Waals surface area contributed by atoms with Crippen molar-refractivity contribution in [3.63, 3.8) is 0 Å². The largest absolute Gasteiger partial charge is 0.369 e. The van der Waals surface area contributed by atoms with Crippen LogP contribution in [0.3, 0.4) is 0 Å². The third-order valence-corrected chi connectivity index (χ3v) is 7.85. The fourth-order valence-electron chi connectivity index (χ4n) is 2.69. The van der Waals surface area contributed by atoms with Crippen molar-refractivity contribution in [3.05, 3.63) is 33.8 Å². The van der Waals surface area contributed by atoms with Crippen molar-refractivity contribution in [1.29, 1.82) is 0 Å². The minimum absolute atomic E-state index is 0.0154. The number of nitrogens with zero attached hydrogens (tertiary/aromatic N) is 3. The summed E-state index contributed by atoms with van der Waals surface area (Å²) in [4.78, 5) is 23.5. The molecule has 1 fully saturated rings. The van der Waals surface area contributed by atoms with Crippen LogP contribution in [-0.4, -0.2) is 47.8 Å². The van der Waals surface area contributed by atoms with E-state index >= 15 is 0 Å². The molecule has 0 unspecified atom stereocenters. The number of hydrogen-bond donors (Lipinski definition) is 2. The highest BCUT2D eigenvalue weighted by Gasteiger charge is 2.33. The summed E-state index contributed by atoms with van der Waals surface area (Å²) in [6.07, 6.45) is 0.706. The molecule has 1 aliphatic heterocycles. The SMILES string of the molecule is NC(=O)C1CCN(S(=O)(=O)c2nnc(NC(=O)c3ccc(Cl)cc3Cl)s2)CC1. The first-order valence-corrected chi connectivity index (χ1v) is 11.1. The number of rotatable bonds is 5. The number of aromatic nitrogens is 2. The summed E-state index contributed by atoms with van der Waals surface area (Å²) in [6, 6.07) is 4.37. The molecule has 1 aromatic carbocycles. The Morgan fingerprint density at radius 1 is 1.21 bits per heavy atom. The number of sulfonamides is 1. The smallest absolute Gasteiger partial charge is 0.272 e. The van der Waals surface area contributed by atoms with Gasteiger partial charge in [-0.3, -0.25) is 14.9 Å². The van der Waals surface area contributed by atoms with Crippen molar-refractivity contribution in [1.82, 2.24) is 14.5 Å². The van der Waals surface area contributed by atoms with Gasteiger partial charge in [-0.2, -0.15) is 4.31 Å². The van der Waals surface area contributed by atoms with Crippen molar-refractivity contribution < 1.29 is 18.0 Å². The van der Waals surface area contributed by atoms with E-state index in [4.69, 9.17) is 28.9 Å². The molecular formula is C15H15Cl2N5O4S2. The van der Waals surface area contributed by atoms with Crippen molar-refractivity contribution in [3.8, 4) is 0 Å². The van der Waals surface area contributed by atoms with Crippen LogP contribution in [0.5, 0.6) is 0 Å². The van der Waals surface area contributed by atoms with E-state index in [1.54, 1.807) is 0 Å². The monoisotopic (exact) mass is 463 g/mol. The molecule has 2 amide bonds. The molecule has 3 N–H and O–H groups in total. The number of amides is 2. The van der Waals surface area contributed by atoms with Crippen LogP contribution in [0.4, 0.5) is 5.13 Å². The molecule has 3 rings (SSSR count). The number of hydrogen-bond acceptors (Lipinski definition) is 7. The molecule has 1 aromatic heterocycles. The first-order valence-electron chi connectivity index (χ1n) is 8.08. The highest BCUT2D eigenvalue weighted by Crippen LogP contribution is 2.28. The Morgan fingerprint density at radius 2 is 1.89 bits per heavy atom. The molecule has 0 radical (unpaired) electrons. The summed E-state index contributed by atoms with van der Waals surface area (Å²) in [5, 5.41) is 10.4. The minimum Gasteiger partial charge on any atom is -0.369 e. The molecule has 2 aromatic rings. The molecule has 1 aliphatic rings. The summed E-state index contributed by atoms with van der Waals surface area (Å²) in [5.41, 5.74) is 5.43. The predicted molar refractivity (Wildman–Crippen MR) is 105 cm³/mol. The van der Waals surface area contributed by atoms with E-state index < -0.39 is 21.8 Å². The fourth-order valence-corrected chi connectivity index (χ4v) is 5.69. The third kappa shape index (κ3) is 4.44. The Kier molecular flexibility index (Phi) is 6.20. The Morgan fingerprint density at radius 3 is 2.50 bits per heavy atom. The average Bonchev–Trinajstić information content (AvgIpc) is 3.11. The Bertz CT molecular complexity index is 1020. The van der Waals surface area contributed by atoms with Crippen molar-refractivity contribution >= 4 is 61.5 Å². The summed E-state index contributed by atoms with van der Waals surface area (Å²) in [5.74, 6) is -1.33. The summed E-state index contributed by atoms with van der Waals surface area (Å²) in [6.45, 7) is 0.329. The summed E-state index contributed by atoms with van der Waals surface area (Å²) in [7, 11) is -3.87. The van der Waals surface area contributed by atoms with Crippen molar-refractivity contribution in [2.24, 2.45) is 11.7 Å². The number of halogens is 2. The molecule has 0 aliphatic carbocycles. The van der Waals surface area contributed by atoms with E-state index in [0.29, 0.717) is 17.9 Å². The second-order valence-electron chi connectivity index (χ2n) is 6.03. The lowest BCUT2D eigenvalue weighted by atomic mass is 9.98. The molecule has 0 saturated carbocycles. The quantitative estimate of drug-likeness (QED) is 0.650. The lowest BCUT2D eigenvalue weighted by Crippen LogP contribution is -2.41. The molecule has 150 valence electrons. The zero-order chi connectivity index (χ0) is 20.5. The van der Waals surface area contributed by atoms with Crippen LogP contribution in [0.2, 0.25) is 10.0 Å². The number of carbonyl (C=O) groups is 2. The van der Waals surface area contributed by atoms with Gasteiger partial charge in [0, 0.05) is 24.0 Å². The van der Waals surface area contributed by atoms with E-state index in [1.165, 1.54) is 22.5 Å². The standard InChI is InChI=1S/C15H15Cl2N5O4S2/c16-9-1-2-10(11(17)7-9)13(24)19-14-20-21-15(27-14)28(25,26)22-5-3-8(4-6-22)12(18)23/h1-2,7-8H,3-6H2,(H2,18,23)(H,19,20,24). The minimum atomic E-state index is -3.87. The number of primary amides is 1. The normalized spacial score (nSPS) is 16.1. The Balaban J connectivity index is 1.71. The average molecular weight is 464 g/mol. The maximum absolute atomic E-state index is 12.7. The van der Waals surface area contributed by atoms with E-state index in [-0.39, 0.29) is 39.1 Å². The van der Waals surface area contributed by atoms with E-state index in [0.717, 1.165) is 11.3 Å². The molecule has 2 heterocycles. The Hall–Kier alpha value is -1.79. The van der Waals surface area contributed by atoms with Gasteiger partial charge < -0.3 is 5.73 Å². The molecule has 28 heavy (non-hydrogen) atoms. The van der Waals surface area contributed by atoms with Crippen LogP contribution < -0.4 is 11.1 Å². The maximum atomic E-state index is 12.7. The second kappa shape index (κ2) is 8.29. The Labute approximate surface area is 174 Å². The van der Waals surface area contributed by atoms with Gasteiger partial charge in [0.1, 0.15) is 0 Å². The highest BCUT2D eigenvalue weighted by atomic mass is 35.5. The molecular weight excluding hydrogens is 449 g/mol. The van der Waals surface area contributed by atoms with Gasteiger partial charge in [-0.15, -0.1) is 10.2 Å². The number of benzene rings is 1. The molecule has 0 bridgehead atoms. The van der Waals surface area contributed by atoms with Gasteiger partial charge in [0.05, 0.1) is 10.6 Å². The van der Waals surface area contributed by atoms with Gasteiger partial charge in [0.15, 0.2) is 0 Å². The predicted octanol–water partition coefficient (Wildman–Crippen LogP) is 1.98. The van der Waals surface area contributed by atoms with Gasteiger partial charge in [0.25, 0.3) is 15.9 Å². The molecule has 13 heteroatoms. The summed E-state index contributed by atoms with van der Waals surface area (Å²) < 4.78 is 26.4. The van der Waals surface area contributed by atoms with Crippen LogP contribution in [0.25, 0.3) is 0 Å². The van der Waals surface area contributed by atoms with Gasteiger partial charge in [-0.05, 0) is 31.0 Å². The van der Waals surface area contributed by atoms with Crippen LogP contribution in [0.15, 0.2) is 22.5 Å². The van der Waals surface area contributed by atoms with Crippen LogP contribution in [0.1, 0.15) is 23.2 Å². The van der Waals surface area contributed by atoms with Crippen LogP contribution in [-0.2, 0) is 14.8 Å². The molecule has 0 spiro atoms. The molecule has 9 nitrogen and oxygen atoms in total. The highest BCUT2D eigenvalue weighted by molar-refractivity contribution is 7.91. The zero-order valence-electron chi connectivity index (χ0n) is 14.3. The number of anilines is 1. The van der Waals surface area contributed by atoms with Crippen molar-refractivity contribution in [2.75, 3.05) is 18.4 Å². The topological polar surface area (TPSA) is 135 Å². The molecule has 1 saturated heterocycles. The number of nitrogens with one attached hydrogen (secondary N) is 1. The number of carbonyl (C=O) groups excluding carboxylic acids is 2. The van der Waals surface area contributed by atoms with Crippen molar-refractivity contribution in [2.45, 2.75) is 17.2 Å². The van der Waals surface area contributed by atoms with E-state index in [1.807, 2.05) is 0 Å². The summed E-state index contributed by atoms with van der Waals surface area (Å²) >= 11 is 12.5. The third-order valence-electron chi connectivity index (χ3n) is 4.22. The van der Waals surface area contributed by atoms with Gasteiger partial charge in [-0.1, -0.05) is 34.5 Å². The molecule has 0 atom stereocenters. The first-order chi connectivity index (χ1) is 13.2. The number of piperidine rings is 1. The fraction of sp³-hybridized carbons (Fsp3) is 0.333. The first kappa shape index (κ1) is 20.9. The number of nitrogens with two attached hydrogens (primary N) is 1. The maximum Gasteiger partial charge on any atom is 0.272 e. The van der Waals surface area contributed by atoms with Gasteiger partial charge in [0.2, 0.25) is 15.4 Å².